The average Bonchev–Trinajstić information content (AvgIpc) is 2.43. The molecular weight excluding hydrogens is 252 g/mol. The zero-order valence-corrected chi connectivity index (χ0v) is 11.3. The highest BCUT2D eigenvalue weighted by molar-refractivity contribution is 5.78. The normalized spacial score (nSPS) is 11.9. The van der Waals surface area contributed by atoms with Crippen LogP contribution in [0.5, 0.6) is 6.01 Å². The van der Waals surface area contributed by atoms with Gasteiger partial charge in [0.2, 0.25) is 11.9 Å². The van der Waals surface area contributed by atoms with E-state index in [-0.39, 0.29) is 23.8 Å². The fourth-order valence-corrected chi connectivity index (χ4v) is 1.34. The fraction of sp³-hybridized carbons (Fsp3) is 0.600. The summed E-state index contributed by atoms with van der Waals surface area (Å²) in [5.41, 5.74) is 2.29. The fourth-order valence-electron chi connectivity index (χ4n) is 1.34. The van der Waals surface area contributed by atoms with Gasteiger partial charge in [-0.1, -0.05) is 13.8 Å². The van der Waals surface area contributed by atoms with Crippen LogP contribution < -0.4 is 21.3 Å². The van der Waals surface area contributed by atoms with Crippen LogP contribution in [0.4, 0.5) is 11.9 Å². The van der Waals surface area contributed by atoms with Crippen molar-refractivity contribution < 1.29 is 14.3 Å². The van der Waals surface area contributed by atoms with Gasteiger partial charge >= 0.3 is 12.0 Å². The van der Waals surface area contributed by atoms with Crippen LogP contribution in [-0.2, 0) is 9.53 Å². The number of nitrogens with one attached hydrogen (secondary N) is 2. The molecule has 9 nitrogen and oxygen atoms in total. The Bertz CT molecular complexity index is 417. The number of carbonyl (C=O) groups is 1. The number of aromatic nitrogens is 3. The molecule has 4 N–H and O–H groups in total. The molecule has 1 heterocycles. The van der Waals surface area contributed by atoms with Gasteiger partial charge in [-0.3, -0.25) is 5.43 Å². The molecule has 0 saturated carbocycles. The number of hydrazine groups is 1. The van der Waals surface area contributed by atoms with E-state index >= 15 is 0 Å². The molecule has 0 aliphatic rings. The lowest BCUT2D eigenvalue weighted by atomic mass is 10.1. The summed E-state index contributed by atoms with van der Waals surface area (Å²) in [5.74, 6) is 5.12. The Hall–Kier alpha value is -2.16. The van der Waals surface area contributed by atoms with Gasteiger partial charge in [0.25, 0.3) is 0 Å². The summed E-state index contributed by atoms with van der Waals surface area (Å²) in [6.07, 6.45) is 0. The van der Waals surface area contributed by atoms with E-state index in [2.05, 4.69) is 25.7 Å². The topological polar surface area (TPSA) is 124 Å². The largest absolute Gasteiger partial charge is 0.467 e. The zero-order valence-electron chi connectivity index (χ0n) is 11.3. The lowest BCUT2D eigenvalue weighted by Gasteiger charge is -2.19. The molecule has 1 aromatic heterocycles. The van der Waals surface area contributed by atoms with Crippen LogP contribution in [0.3, 0.4) is 0 Å². The molecule has 9 heteroatoms. The number of rotatable bonds is 6. The first-order valence-electron chi connectivity index (χ1n) is 5.62. The third-order valence-electron chi connectivity index (χ3n) is 2.33. The van der Waals surface area contributed by atoms with E-state index in [0.29, 0.717) is 0 Å². The van der Waals surface area contributed by atoms with Crippen molar-refractivity contribution in [2.45, 2.75) is 19.9 Å². The molecule has 0 amide bonds. The molecule has 19 heavy (non-hydrogen) atoms. The summed E-state index contributed by atoms with van der Waals surface area (Å²) in [7, 11) is 2.74. The van der Waals surface area contributed by atoms with Crippen molar-refractivity contribution in [1.29, 1.82) is 0 Å². The van der Waals surface area contributed by atoms with Crippen molar-refractivity contribution in [2.24, 2.45) is 11.8 Å². The number of esters is 1. The van der Waals surface area contributed by atoms with E-state index in [1.807, 2.05) is 13.8 Å². The minimum atomic E-state index is -0.581. The average molecular weight is 270 g/mol. The monoisotopic (exact) mass is 270 g/mol. The third-order valence-corrected chi connectivity index (χ3v) is 2.33. The SMILES string of the molecule is COC(=O)C(Nc1nc(NN)nc(OC)n1)C(C)C. The summed E-state index contributed by atoms with van der Waals surface area (Å²) in [4.78, 5) is 23.5. The van der Waals surface area contributed by atoms with Crippen molar-refractivity contribution >= 4 is 17.9 Å². The molecule has 1 atom stereocenters. The van der Waals surface area contributed by atoms with Gasteiger partial charge in [-0.15, -0.1) is 0 Å². The van der Waals surface area contributed by atoms with Crippen LogP contribution >= 0.6 is 0 Å². The van der Waals surface area contributed by atoms with E-state index in [1.54, 1.807) is 0 Å². The van der Waals surface area contributed by atoms with Crippen molar-refractivity contribution in [3.05, 3.63) is 0 Å². The molecule has 0 fully saturated rings. The Morgan fingerprint density at radius 1 is 1.21 bits per heavy atom. The Labute approximate surface area is 110 Å². The van der Waals surface area contributed by atoms with Gasteiger partial charge in [0.05, 0.1) is 14.2 Å². The van der Waals surface area contributed by atoms with Gasteiger partial charge in [0.15, 0.2) is 0 Å². The van der Waals surface area contributed by atoms with E-state index in [0.717, 1.165) is 0 Å². The number of nitrogens with two attached hydrogens (primary N) is 1. The van der Waals surface area contributed by atoms with Gasteiger partial charge in [-0.2, -0.15) is 15.0 Å². The minimum absolute atomic E-state index is 0.00973. The van der Waals surface area contributed by atoms with E-state index in [1.165, 1.54) is 14.2 Å². The lowest BCUT2D eigenvalue weighted by Crippen LogP contribution is -2.36. The van der Waals surface area contributed by atoms with Crippen LogP contribution in [-0.4, -0.2) is 41.2 Å². The summed E-state index contributed by atoms with van der Waals surface area (Å²) < 4.78 is 9.63. The van der Waals surface area contributed by atoms with Gasteiger partial charge in [-0.05, 0) is 5.92 Å². The summed E-state index contributed by atoms with van der Waals surface area (Å²) in [6, 6.07) is -0.499. The van der Waals surface area contributed by atoms with E-state index < -0.39 is 12.0 Å². The maximum Gasteiger partial charge on any atom is 0.328 e. The maximum absolute atomic E-state index is 11.6. The van der Waals surface area contributed by atoms with Crippen molar-refractivity contribution in [3.63, 3.8) is 0 Å². The Kier molecular flexibility index (Phi) is 5.24. The van der Waals surface area contributed by atoms with Crippen molar-refractivity contribution in [1.82, 2.24) is 15.0 Å². The van der Waals surface area contributed by atoms with Crippen LogP contribution in [0.25, 0.3) is 0 Å². The molecule has 0 aliphatic heterocycles. The van der Waals surface area contributed by atoms with Crippen LogP contribution in [0, 0.1) is 5.92 Å². The number of hydrogen-bond acceptors (Lipinski definition) is 9. The lowest BCUT2D eigenvalue weighted by molar-refractivity contribution is -0.142. The van der Waals surface area contributed by atoms with E-state index in [4.69, 9.17) is 15.3 Å². The molecule has 0 saturated heterocycles. The second-order valence-corrected chi connectivity index (χ2v) is 4.00. The van der Waals surface area contributed by atoms with Gasteiger partial charge < -0.3 is 14.8 Å². The van der Waals surface area contributed by atoms with Crippen LogP contribution in [0.15, 0.2) is 0 Å². The van der Waals surface area contributed by atoms with Crippen molar-refractivity contribution in [2.75, 3.05) is 25.0 Å². The Balaban J connectivity index is 2.98. The first kappa shape index (κ1) is 14.9. The summed E-state index contributed by atoms with van der Waals surface area (Å²) >= 11 is 0. The smallest absolute Gasteiger partial charge is 0.328 e. The molecule has 1 aromatic rings. The molecule has 0 radical (unpaired) electrons. The molecule has 0 bridgehead atoms. The second kappa shape index (κ2) is 6.69. The summed E-state index contributed by atoms with van der Waals surface area (Å²) in [6.45, 7) is 3.74. The summed E-state index contributed by atoms with van der Waals surface area (Å²) in [5, 5.41) is 2.87. The van der Waals surface area contributed by atoms with Crippen LogP contribution in [0.1, 0.15) is 13.8 Å². The number of methoxy groups -OCH3 is 2. The highest BCUT2D eigenvalue weighted by Gasteiger charge is 2.24. The molecule has 1 unspecified atom stereocenters. The van der Waals surface area contributed by atoms with Crippen LogP contribution in [0.2, 0.25) is 0 Å². The number of anilines is 2. The second-order valence-electron chi connectivity index (χ2n) is 4.00. The number of ether oxygens (including phenoxy) is 2. The number of hydrogen-bond donors (Lipinski definition) is 3. The first-order chi connectivity index (χ1) is 9.01. The zero-order chi connectivity index (χ0) is 14.4. The Morgan fingerprint density at radius 2 is 1.84 bits per heavy atom. The minimum Gasteiger partial charge on any atom is -0.467 e. The highest BCUT2D eigenvalue weighted by atomic mass is 16.5. The number of nitrogens with zero attached hydrogens (tertiary/aromatic N) is 3. The van der Waals surface area contributed by atoms with Gasteiger partial charge in [0, 0.05) is 0 Å². The standard InChI is InChI=1S/C10H18N6O3/c1-5(2)6(7(17)18-3)12-8-13-9(16-11)15-10(14-8)19-4/h5-6H,11H2,1-4H3,(H2,12,13,14,15,16). The maximum atomic E-state index is 11.6. The quantitative estimate of drug-likeness (QED) is 0.365. The first-order valence-corrected chi connectivity index (χ1v) is 5.62. The molecular formula is C10H18N6O3. The predicted molar refractivity (Wildman–Crippen MR) is 68.5 cm³/mol. The van der Waals surface area contributed by atoms with Gasteiger partial charge in [-0.25, -0.2) is 10.6 Å². The molecule has 1 rings (SSSR count). The number of nitrogen functional groups attached to an aromatic ring is 1. The third kappa shape index (κ3) is 3.91. The molecule has 0 aromatic carbocycles. The highest BCUT2D eigenvalue weighted by Crippen LogP contribution is 2.14. The van der Waals surface area contributed by atoms with Gasteiger partial charge in [0.1, 0.15) is 6.04 Å². The van der Waals surface area contributed by atoms with Crippen molar-refractivity contribution in [3.8, 4) is 6.01 Å². The molecule has 0 spiro atoms. The molecule has 0 aliphatic carbocycles. The van der Waals surface area contributed by atoms with E-state index in [9.17, 15) is 4.79 Å². The Morgan fingerprint density at radius 3 is 2.32 bits per heavy atom. The molecule has 106 valence electrons. The predicted octanol–water partition coefficient (Wildman–Crippen LogP) is -0.225. The number of carbonyl (C=O) groups excluding carboxylic acids is 1.